The van der Waals surface area contributed by atoms with Gasteiger partial charge in [0.15, 0.2) is 19.7 Å². The standard InChI is InChI=1S/C8H14N2O4S2/c11-15(12)1-5-6(2-15)10-8-4-16(13,14)3-7(8)9-5/h5-10H,1-4H2/t5-,6+,7+,8-. The molecular formula is C8H14N2O4S2. The van der Waals surface area contributed by atoms with Gasteiger partial charge in [-0.05, 0) is 0 Å². The van der Waals surface area contributed by atoms with E-state index in [0.717, 1.165) is 0 Å². The van der Waals surface area contributed by atoms with E-state index in [-0.39, 0.29) is 47.2 Å². The van der Waals surface area contributed by atoms with Gasteiger partial charge in [0.25, 0.3) is 0 Å². The smallest absolute Gasteiger partial charge is 0.153 e. The van der Waals surface area contributed by atoms with Crippen LogP contribution in [0.2, 0.25) is 0 Å². The summed E-state index contributed by atoms with van der Waals surface area (Å²) in [6, 6.07) is -0.502. The van der Waals surface area contributed by atoms with Gasteiger partial charge in [0, 0.05) is 24.2 Å². The molecule has 0 saturated carbocycles. The Labute approximate surface area is 94.6 Å². The molecule has 3 heterocycles. The quantitative estimate of drug-likeness (QED) is 0.504. The SMILES string of the molecule is O=S1(=O)C[C@@H]2N[C@@H]3CS(=O)(=O)C[C@@H]3N[C@@H]2C1. The van der Waals surface area contributed by atoms with Crippen LogP contribution in [0.5, 0.6) is 0 Å². The zero-order chi connectivity index (χ0) is 11.6. The molecule has 0 aromatic carbocycles. The van der Waals surface area contributed by atoms with E-state index in [0.29, 0.717) is 0 Å². The fourth-order valence-electron chi connectivity index (χ4n) is 2.90. The van der Waals surface area contributed by atoms with Crippen LogP contribution in [-0.2, 0) is 19.7 Å². The lowest BCUT2D eigenvalue weighted by Gasteiger charge is -2.35. The first-order valence-electron chi connectivity index (χ1n) is 5.28. The van der Waals surface area contributed by atoms with Crippen molar-refractivity contribution < 1.29 is 16.8 Å². The maximum atomic E-state index is 11.4. The van der Waals surface area contributed by atoms with Crippen molar-refractivity contribution in [3.05, 3.63) is 0 Å². The van der Waals surface area contributed by atoms with Gasteiger partial charge in [-0.3, -0.25) is 0 Å². The highest BCUT2D eigenvalue weighted by molar-refractivity contribution is 7.92. The van der Waals surface area contributed by atoms with Gasteiger partial charge in [0.05, 0.1) is 23.0 Å². The van der Waals surface area contributed by atoms with Crippen molar-refractivity contribution in [2.45, 2.75) is 24.2 Å². The monoisotopic (exact) mass is 266 g/mol. The molecular weight excluding hydrogens is 252 g/mol. The number of piperazine rings is 1. The summed E-state index contributed by atoms with van der Waals surface area (Å²) < 4.78 is 45.8. The van der Waals surface area contributed by atoms with Crippen molar-refractivity contribution in [2.75, 3.05) is 23.0 Å². The lowest BCUT2D eigenvalue weighted by Crippen LogP contribution is -2.65. The van der Waals surface area contributed by atoms with E-state index in [1.54, 1.807) is 0 Å². The van der Waals surface area contributed by atoms with Crippen LogP contribution < -0.4 is 10.6 Å². The average Bonchev–Trinajstić information content (AvgIpc) is 2.51. The minimum atomic E-state index is -2.96. The molecule has 4 atom stereocenters. The summed E-state index contributed by atoms with van der Waals surface area (Å²) in [5.41, 5.74) is 0. The lowest BCUT2D eigenvalue weighted by atomic mass is 10.0. The van der Waals surface area contributed by atoms with Gasteiger partial charge in [-0.2, -0.15) is 0 Å². The minimum Gasteiger partial charge on any atom is -0.306 e. The van der Waals surface area contributed by atoms with Crippen molar-refractivity contribution in [2.24, 2.45) is 0 Å². The van der Waals surface area contributed by atoms with Crippen LogP contribution in [0.25, 0.3) is 0 Å². The van der Waals surface area contributed by atoms with Gasteiger partial charge >= 0.3 is 0 Å². The minimum absolute atomic E-state index is 0.119. The van der Waals surface area contributed by atoms with E-state index in [1.807, 2.05) is 0 Å². The Morgan fingerprint density at radius 1 is 0.625 bits per heavy atom. The van der Waals surface area contributed by atoms with Crippen LogP contribution in [0, 0.1) is 0 Å². The first kappa shape index (κ1) is 10.9. The number of fused-ring (bicyclic) bond motifs is 2. The van der Waals surface area contributed by atoms with Gasteiger partial charge in [0.1, 0.15) is 0 Å². The Hall–Kier alpha value is -0.180. The molecule has 6 nitrogen and oxygen atoms in total. The van der Waals surface area contributed by atoms with Gasteiger partial charge < -0.3 is 10.6 Å². The van der Waals surface area contributed by atoms with E-state index in [9.17, 15) is 16.8 Å². The molecule has 0 aliphatic carbocycles. The molecule has 92 valence electrons. The number of sulfone groups is 2. The van der Waals surface area contributed by atoms with Crippen LogP contribution in [0.4, 0.5) is 0 Å². The van der Waals surface area contributed by atoms with Crippen LogP contribution >= 0.6 is 0 Å². The highest BCUT2D eigenvalue weighted by Crippen LogP contribution is 2.23. The normalized spacial score (nSPS) is 48.5. The Morgan fingerprint density at radius 2 is 0.875 bits per heavy atom. The van der Waals surface area contributed by atoms with E-state index >= 15 is 0 Å². The second-order valence-electron chi connectivity index (χ2n) is 4.91. The Kier molecular flexibility index (Phi) is 2.18. The van der Waals surface area contributed by atoms with E-state index < -0.39 is 19.7 Å². The summed E-state index contributed by atoms with van der Waals surface area (Å²) in [5.74, 6) is 0.476. The molecule has 0 amide bonds. The maximum absolute atomic E-state index is 11.4. The van der Waals surface area contributed by atoms with E-state index in [4.69, 9.17) is 0 Å². The second kappa shape index (κ2) is 3.18. The lowest BCUT2D eigenvalue weighted by molar-refractivity contribution is 0.276. The summed E-state index contributed by atoms with van der Waals surface area (Å²) in [7, 11) is -5.93. The largest absolute Gasteiger partial charge is 0.306 e. The van der Waals surface area contributed by atoms with Crippen LogP contribution in [0.3, 0.4) is 0 Å². The van der Waals surface area contributed by atoms with Gasteiger partial charge in [-0.15, -0.1) is 0 Å². The topological polar surface area (TPSA) is 92.3 Å². The van der Waals surface area contributed by atoms with Crippen molar-refractivity contribution in [3.8, 4) is 0 Å². The third-order valence-corrected chi connectivity index (χ3v) is 7.03. The van der Waals surface area contributed by atoms with Crippen molar-refractivity contribution in [1.82, 2.24) is 10.6 Å². The zero-order valence-electron chi connectivity index (χ0n) is 8.59. The number of hydrogen-bond acceptors (Lipinski definition) is 6. The molecule has 0 bridgehead atoms. The van der Waals surface area contributed by atoms with Crippen molar-refractivity contribution >= 4 is 19.7 Å². The molecule has 3 aliphatic rings. The van der Waals surface area contributed by atoms with Gasteiger partial charge in [0.2, 0.25) is 0 Å². The third kappa shape index (κ3) is 1.77. The van der Waals surface area contributed by atoms with Crippen molar-refractivity contribution in [1.29, 1.82) is 0 Å². The molecule has 3 saturated heterocycles. The highest BCUT2D eigenvalue weighted by Gasteiger charge is 2.49. The number of hydrogen-bond donors (Lipinski definition) is 2. The average molecular weight is 266 g/mol. The molecule has 2 N–H and O–H groups in total. The maximum Gasteiger partial charge on any atom is 0.153 e. The van der Waals surface area contributed by atoms with Gasteiger partial charge in [-0.1, -0.05) is 0 Å². The van der Waals surface area contributed by atoms with Gasteiger partial charge in [-0.25, -0.2) is 16.8 Å². The molecule has 0 aromatic heterocycles. The Morgan fingerprint density at radius 3 is 1.12 bits per heavy atom. The number of nitrogens with one attached hydrogen (secondary N) is 2. The van der Waals surface area contributed by atoms with Crippen LogP contribution in [-0.4, -0.2) is 64.0 Å². The summed E-state index contributed by atoms with van der Waals surface area (Å²) >= 11 is 0. The molecule has 0 spiro atoms. The van der Waals surface area contributed by atoms with Crippen LogP contribution in [0.15, 0.2) is 0 Å². The first-order chi connectivity index (χ1) is 7.35. The predicted molar refractivity (Wildman–Crippen MR) is 58.7 cm³/mol. The molecule has 0 unspecified atom stereocenters. The molecule has 3 rings (SSSR count). The van der Waals surface area contributed by atoms with E-state index in [2.05, 4.69) is 10.6 Å². The third-order valence-electron chi connectivity index (χ3n) is 3.56. The molecule has 8 heteroatoms. The van der Waals surface area contributed by atoms with Crippen LogP contribution in [0.1, 0.15) is 0 Å². The molecule has 0 aromatic rings. The van der Waals surface area contributed by atoms with Crippen molar-refractivity contribution in [3.63, 3.8) is 0 Å². The molecule has 3 fully saturated rings. The summed E-state index contributed by atoms with van der Waals surface area (Å²) in [6.45, 7) is 0. The fraction of sp³-hybridized carbons (Fsp3) is 1.00. The molecule has 3 aliphatic heterocycles. The Balaban J connectivity index is 1.83. The summed E-state index contributed by atoms with van der Waals surface area (Å²) in [5, 5.41) is 6.34. The zero-order valence-corrected chi connectivity index (χ0v) is 10.2. The molecule has 0 radical (unpaired) electrons. The van der Waals surface area contributed by atoms with E-state index in [1.165, 1.54) is 0 Å². The fourth-order valence-corrected chi connectivity index (χ4v) is 6.68. The predicted octanol–water partition coefficient (Wildman–Crippen LogP) is -2.49. The first-order valence-corrected chi connectivity index (χ1v) is 8.92. The summed E-state index contributed by atoms with van der Waals surface area (Å²) in [6.07, 6.45) is 0. The second-order valence-corrected chi connectivity index (χ2v) is 9.22. The highest BCUT2D eigenvalue weighted by atomic mass is 32.2. The Bertz CT molecular complexity index is 432. The summed E-state index contributed by atoms with van der Waals surface area (Å²) in [4.78, 5) is 0. The number of rotatable bonds is 0. The molecule has 16 heavy (non-hydrogen) atoms.